The van der Waals surface area contributed by atoms with Crippen LogP contribution in [0.5, 0.6) is 5.88 Å². The molecule has 0 saturated carbocycles. The highest BCUT2D eigenvalue weighted by Crippen LogP contribution is 2.54. The van der Waals surface area contributed by atoms with E-state index in [2.05, 4.69) is 15.3 Å². The van der Waals surface area contributed by atoms with Gasteiger partial charge in [-0.2, -0.15) is 13.2 Å². The predicted octanol–water partition coefficient (Wildman–Crippen LogP) is 2.96. The van der Waals surface area contributed by atoms with E-state index < -0.39 is 66.1 Å². The van der Waals surface area contributed by atoms with Gasteiger partial charge in [0.05, 0.1) is 6.61 Å². The zero-order valence-corrected chi connectivity index (χ0v) is 19.1. The number of amides is 2. The van der Waals surface area contributed by atoms with Crippen LogP contribution in [0.25, 0.3) is 0 Å². The number of aliphatic hydroxyl groups excluding tert-OH is 1. The van der Waals surface area contributed by atoms with Crippen LogP contribution in [-0.4, -0.2) is 58.0 Å². The molecule has 0 spiro atoms. The number of aliphatic hydroxyl groups is 1. The molecule has 0 aromatic carbocycles. The molecule has 2 aromatic rings. The Bertz CT molecular complexity index is 1130. The number of carbonyl (C=O) groups is 2. The first-order valence-corrected chi connectivity index (χ1v) is 10.6. The molecule has 4 atom stereocenters. The Morgan fingerprint density at radius 2 is 2.00 bits per heavy atom. The summed E-state index contributed by atoms with van der Waals surface area (Å²) in [6.07, 6.45) is -8.51. The molecule has 3 heterocycles. The second-order valence-electron chi connectivity index (χ2n) is 8.24. The molecule has 196 valence electrons. The number of ether oxygens (including phenoxy) is 2. The van der Waals surface area contributed by atoms with E-state index in [0.717, 1.165) is 25.1 Å². The van der Waals surface area contributed by atoms with Gasteiger partial charge in [-0.1, -0.05) is 13.0 Å². The quantitative estimate of drug-likeness (QED) is 0.457. The maximum absolute atomic E-state index is 14.1. The van der Waals surface area contributed by atoms with Crippen molar-refractivity contribution in [1.82, 2.24) is 9.97 Å². The van der Waals surface area contributed by atoms with Crippen LogP contribution in [0.15, 0.2) is 30.5 Å². The number of anilines is 1. The number of hydrogen-bond donors (Lipinski definition) is 3. The Hall–Kier alpha value is -3.39. The fraction of sp³-hybridized carbons (Fsp3) is 0.455. The van der Waals surface area contributed by atoms with Crippen molar-refractivity contribution in [2.24, 2.45) is 11.7 Å². The van der Waals surface area contributed by atoms with Crippen molar-refractivity contribution in [2.45, 2.75) is 44.1 Å². The standard InChI is InChI=1S/C22H23F5N4O5/c1-10-15(12-3-4-13(17(23)24)31-20(12)35-8-7-32)16(36-21(10,2)22(25,26)27)19(34)30-11-5-6-29-14(9-11)18(28)33/h3-6,9-10,15-17,32H,7-8H2,1-2H3,(H2,28,33)(H,29,30,34)/t10-,15-,16+,21+/m0/s1. The van der Waals surface area contributed by atoms with Gasteiger partial charge < -0.3 is 25.6 Å². The third-order valence-electron chi connectivity index (χ3n) is 6.03. The summed E-state index contributed by atoms with van der Waals surface area (Å²) >= 11 is 0. The summed E-state index contributed by atoms with van der Waals surface area (Å²) in [4.78, 5) is 32.0. The molecule has 0 unspecified atom stereocenters. The topological polar surface area (TPSA) is 137 Å². The van der Waals surface area contributed by atoms with E-state index >= 15 is 0 Å². The molecule has 4 N–H and O–H groups in total. The molecule has 0 bridgehead atoms. The van der Waals surface area contributed by atoms with Gasteiger partial charge in [-0.3, -0.25) is 14.6 Å². The first-order chi connectivity index (χ1) is 16.8. The fourth-order valence-corrected chi connectivity index (χ4v) is 3.98. The van der Waals surface area contributed by atoms with Gasteiger partial charge >= 0.3 is 6.18 Å². The Morgan fingerprint density at radius 1 is 1.31 bits per heavy atom. The van der Waals surface area contributed by atoms with Crippen molar-refractivity contribution in [2.75, 3.05) is 18.5 Å². The van der Waals surface area contributed by atoms with E-state index in [-0.39, 0.29) is 23.6 Å². The normalized spacial score (nSPS) is 24.1. The Balaban J connectivity index is 2.07. The number of nitrogens with zero attached hydrogens (tertiary/aromatic N) is 2. The number of nitrogens with two attached hydrogens (primary N) is 1. The molecule has 0 radical (unpaired) electrons. The Labute approximate surface area is 201 Å². The average molecular weight is 518 g/mol. The number of nitrogens with one attached hydrogen (secondary N) is 1. The summed E-state index contributed by atoms with van der Waals surface area (Å²) in [5.41, 5.74) is 1.41. The number of aromatic nitrogens is 2. The molecule has 2 amide bonds. The first kappa shape index (κ1) is 27.2. The van der Waals surface area contributed by atoms with Crippen molar-refractivity contribution in [3.05, 3.63) is 47.4 Å². The summed E-state index contributed by atoms with van der Waals surface area (Å²) in [5.74, 6) is -5.10. The number of primary amides is 1. The third-order valence-corrected chi connectivity index (χ3v) is 6.03. The van der Waals surface area contributed by atoms with Gasteiger partial charge in [0.25, 0.3) is 18.2 Å². The van der Waals surface area contributed by atoms with E-state index in [0.29, 0.717) is 0 Å². The van der Waals surface area contributed by atoms with Gasteiger partial charge in [0.2, 0.25) is 5.88 Å². The number of pyridine rings is 2. The maximum Gasteiger partial charge on any atom is 0.417 e. The van der Waals surface area contributed by atoms with Gasteiger partial charge in [0, 0.05) is 29.3 Å². The van der Waals surface area contributed by atoms with Crippen molar-refractivity contribution in [3.8, 4) is 5.88 Å². The van der Waals surface area contributed by atoms with Crippen molar-refractivity contribution >= 4 is 17.5 Å². The largest absolute Gasteiger partial charge is 0.475 e. The minimum Gasteiger partial charge on any atom is -0.475 e. The molecular weight excluding hydrogens is 495 g/mol. The molecule has 1 saturated heterocycles. The highest BCUT2D eigenvalue weighted by molar-refractivity contribution is 5.97. The van der Waals surface area contributed by atoms with Gasteiger partial charge in [0.1, 0.15) is 24.1 Å². The van der Waals surface area contributed by atoms with Crippen LogP contribution in [0.2, 0.25) is 0 Å². The van der Waals surface area contributed by atoms with E-state index in [1.807, 2.05) is 0 Å². The second kappa shape index (κ2) is 10.3. The zero-order valence-electron chi connectivity index (χ0n) is 19.1. The number of halogens is 5. The van der Waals surface area contributed by atoms with Gasteiger partial charge in [-0.25, -0.2) is 13.8 Å². The summed E-state index contributed by atoms with van der Waals surface area (Å²) in [5, 5.41) is 11.5. The van der Waals surface area contributed by atoms with E-state index in [1.165, 1.54) is 19.2 Å². The van der Waals surface area contributed by atoms with Crippen LogP contribution in [0, 0.1) is 5.92 Å². The van der Waals surface area contributed by atoms with Crippen LogP contribution in [-0.2, 0) is 9.53 Å². The lowest BCUT2D eigenvalue weighted by atomic mass is 9.77. The van der Waals surface area contributed by atoms with Crippen LogP contribution < -0.4 is 15.8 Å². The van der Waals surface area contributed by atoms with E-state index in [1.54, 1.807) is 0 Å². The molecule has 14 heteroatoms. The van der Waals surface area contributed by atoms with Crippen molar-refractivity contribution in [1.29, 1.82) is 0 Å². The molecular formula is C22H23F5N4O5. The molecule has 1 aliphatic rings. The first-order valence-electron chi connectivity index (χ1n) is 10.6. The fourth-order valence-electron chi connectivity index (χ4n) is 3.98. The number of alkyl halides is 5. The molecule has 1 fully saturated rings. The Morgan fingerprint density at radius 3 is 2.58 bits per heavy atom. The van der Waals surface area contributed by atoms with E-state index in [9.17, 15) is 31.5 Å². The van der Waals surface area contributed by atoms with Gasteiger partial charge in [0.15, 0.2) is 5.60 Å². The van der Waals surface area contributed by atoms with Crippen LogP contribution in [0.4, 0.5) is 27.6 Å². The number of carbonyl (C=O) groups excluding carboxylic acids is 2. The number of rotatable bonds is 8. The SMILES string of the molecule is C[C@H]1[C@@H](c2ccc(C(F)F)nc2OCCO)[C@H](C(=O)Nc2ccnc(C(N)=O)c2)O[C@@]1(C)C(F)(F)F. The molecule has 3 rings (SSSR count). The van der Waals surface area contributed by atoms with Crippen LogP contribution in [0.1, 0.15) is 47.9 Å². The third kappa shape index (κ3) is 5.23. The van der Waals surface area contributed by atoms with Crippen LogP contribution in [0.3, 0.4) is 0 Å². The predicted molar refractivity (Wildman–Crippen MR) is 114 cm³/mol. The highest BCUT2D eigenvalue weighted by atomic mass is 19.4. The summed E-state index contributed by atoms with van der Waals surface area (Å²) in [7, 11) is 0. The van der Waals surface area contributed by atoms with Crippen molar-refractivity contribution in [3.63, 3.8) is 0 Å². The van der Waals surface area contributed by atoms with E-state index in [4.69, 9.17) is 20.3 Å². The lowest BCUT2D eigenvalue weighted by molar-refractivity contribution is -0.272. The minimum absolute atomic E-state index is 0.0161. The molecule has 9 nitrogen and oxygen atoms in total. The molecule has 1 aliphatic heterocycles. The summed E-state index contributed by atoms with van der Waals surface area (Å²) < 4.78 is 79.2. The molecule has 0 aliphatic carbocycles. The smallest absolute Gasteiger partial charge is 0.417 e. The monoisotopic (exact) mass is 518 g/mol. The molecule has 2 aromatic heterocycles. The van der Waals surface area contributed by atoms with Gasteiger partial charge in [-0.05, 0) is 25.1 Å². The minimum atomic E-state index is -4.90. The number of hydrogen-bond acceptors (Lipinski definition) is 7. The van der Waals surface area contributed by atoms with Gasteiger partial charge in [-0.15, -0.1) is 0 Å². The van der Waals surface area contributed by atoms with Crippen LogP contribution >= 0.6 is 0 Å². The zero-order chi connectivity index (χ0) is 26.8. The lowest BCUT2D eigenvalue weighted by Gasteiger charge is -2.31. The van der Waals surface area contributed by atoms with Crippen molar-refractivity contribution < 1.29 is 46.1 Å². The average Bonchev–Trinajstić information content (AvgIpc) is 3.09. The highest BCUT2D eigenvalue weighted by Gasteiger charge is 2.66. The second-order valence-corrected chi connectivity index (χ2v) is 8.24. The molecule has 36 heavy (non-hydrogen) atoms. The summed E-state index contributed by atoms with van der Waals surface area (Å²) in [6, 6.07) is 4.44. The maximum atomic E-state index is 14.1. The Kier molecular flexibility index (Phi) is 7.79. The summed E-state index contributed by atoms with van der Waals surface area (Å²) in [6.45, 7) is 1.09. The lowest BCUT2D eigenvalue weighted by Crippen LogP contribution is -2.47.